The number of likely N-dealkylation sites (N-methyl/N-ethyl adjacent to an activating group) is 1. The predicted molar refractivity (Wildman–Crippen MR) is 89.1 cm³/mol. The van der Waals surface area contributed by atoms with Gasteiger partial charge in [0, 0.05) is 39.3 Å². The van der Waals surface area contributed by atoms with Gasteiger partial charge < -0.3 is 15.1 Å². The van der Waals surface area contributed by atoms with Gasteiger partial charge in [-0.05, 0) is 38.5 Å². The van der Waals surface area contributed by atoms with Crippen molar-refractivity contribution in [2.75, 3.05) is 39.8 Å². The summed E-state index contributed by atoms with van der Waals surface area (Å²) in [6.07, 6.45) is 3.86. The Morgan fingerprint density at radius 3 is 2.42 bits per heavy atom. The van der Waals surface area contributed by atoms with Gasteiger partial charge in [-0.2, -0.15) is 5.26 Å². The molecule has 1 atom stereocenters. The van der Waals surface area contributed by atoms with Crippen molar-refractivity contribution in [1.82, 2.24) is 20.0 Å². The molecular formula is C17H27N5O2. The van der Waals surface area contributed by atoms with Crippen molar-refractivity contribution in [3.05, 3.63) is 0 Å². The molecule has 3 amide bonds. The SMILES string of the molecule is CN1CCN(C2CCN(CC(=O)N[C@@](C)(C#N)C3CC3)CC2)C1=O. The van der Waals surface area contributed by atoms with Gasteiger partial charge in [-0.1, -0.05) is 0 Å². The Hall–Kier alpha value is -1.81. The third-order valence-electron chi connectivity index (χ3n) is 5.64. The van der Waals surface area contributed by atoms with Gasteiger partial charge >= 0.3 is 6.03 Å². The maximum atomic E-state index is 12.3. The molecule has 1 N–H and O–H groups in total. The summed E-state index contributed by atoms with van der Waals surface area (Å²) in [7, 11) is 1.84. The molecule has 2 heterocycles. The Balaban J connectivity index is 1.45. The van der Waals surface area contributed by atoms with E-state index in [0.29, 0.717) is 12.5 Å². The number of amides is 3. The molecule has 2 saturated heterocycles. The summed E-state index contributed by atoms with van der Waals surface area (Å²) in [5.74, 6) is 0.233. The first-order valence-electron chi connectivity index (χ1n) is 8.89. The number of carbonyl (C=O) groups excluding carboxylic acids is 2. The Bertz CT molecular complexity index is 548. The van der Waals surface area contributed by atoms with E-state index in [1.54, 1.807) is 4.90 Å². The molecule has 1 aliphatic carbocycles. The van der Waals surface area contributed by atoms with E-state index < -0.39 is 5.54 Å². The van der Waals surface area contributed by atoms with Crippen LogP contribution in [0.1, 0.15) is 32.6 Å². The Morgan fingerprint density at radius 2 is 1.92 bits per heavy atom. The van der Waals surface area contributed by atoms with E-state index in [1.807, 2.05) is 18.9 Å². The highest BCUT2D eigenvalue weighted by Crippen LogP contribution is 2.39. The largest absolute Gasteiger partial charge is 0.337 e. The maximum absolute atomic E-state index is 12.3. The van der Waals surface area contributed by atoms with E-state index in [2.05, 4.69) is 16.3 Å². The van der Waals surface area contributed by atoms with Gasteiger partial charge in [-0.15, -0.1) is 0 Å². The van der Waals surface area contributed by atoms with Crippen LogP contribution in [0.4, 0.5) is 4.79 Å². The Kier molecular flexibility index (Phi) is 4.68. The second-order valence-electron chi connectivity index (χ2n) is 7.54. The summed E-state index contributed by atoms with van der Waals surface area (Å²) in [4.78, 5) is 30.2. The molecule has 7 nitrogen and oxygen atoms in total. The molecule has 0 aromatic carbocycles. The topological polar surface area (TPSA) is 79.7 Å². The molecule has 0 aromatic rings. The number of hydrogen-bond acceptors (Lipinski definition) is 4. The number of nitrogens with zero attached hydrogens (tertiary/aromatic N) is 4. The van der Waals surface area contributed by atoms with Crippen molar-refractivity contribution >= 4 is 11.9 Å². The third kappa shape index (κ3) is 3.48. The molecule has 24 heavy (non-hydrogen) atoms. The number of nitriles is 1. The van der Waals surface area contributed by atoms with Crippen LogP contribution in [0.2, 0.25) is 0 Å². The molecule has 3 aliphatic rings. The first-order valence-corrected chi connectivity index (χ1v) is 8.89. The lowest BCUT2D eigenvalue weighted by Gasteiger charge is -2.36. The van der Waals surface area contributed by atoms with Gasteiger partial charge in [0.2, 0.25) is 5.91 Å². The second-order valence-corrected chi connectivity index (χ2v) is 7.54. The highest BCUT2D eigenvalue weighted by atomic mass is 16.2. The minimum atomic E-state index is -0.720. The average molecular weight is 333 g/mol. The van der Waals surface area contributed by atoms with E-state index in [1.165, 1.54) is 0 Å². The van der Waals surface area contributed by atoms with E-state index in [9.17, 15) is 14.9 Å². The standard InChI is InChI=1S/C17H27N5O2/c1-17(12-18,13-3-4-13)19-15(23)11-21-7-5-14(6-8-21)22-10-9-20(2)16(22)24/h13-14H,3-11H2,1-2H3,(H,19,23)/t17-/m0/s1. The van der Waals surface area contributed by atoms with Crippen molar-refractivity contribution in [3.8, 4) is 6.07 Å². The van der Waals surface area contributed by atoms with E-state index in [0.717, 1.165) is 51.9 Å². The number of nitrogens with one attached hydrogen (secondary N) is 1. The zero-order valence-corrected chi connectivity index (χ0v) is 14.6. The fraction of sp³-hybridized carbons (Fsp3) is 0.824. The Labute approximate surface area is 143 Å². The van der Waals surface area contributed by atoms with E-state index >= 15 is 0 Å². The van der Waals surface area contributed by atoms with Crippen LogP contribution in [0.25, 0.3) is 0 Å². The van der Waals surface area contributed by atoms with Gasteiger partial charge in [-0.25, -0.2) is 4.79 Å². The summed E-state index contributed by atoms with van der Waals surface area (Å²) in [6.45, 7) is 5.41. The second kappa shape index (κ2) is 6.60. The molecule has 0 aromatic heterocycles. The first kappa shape index (κ1) is 17.0. The van der Waals surface area contributed by atoms with E-state index in [4.69, 9.17) is 0 Å². The van der Waals surface area contributed by atoms with Crippen molar-refractivity contribution < 1.29 is 9.59 Å². The molecule has 2 aliphatic heterocycles. The lowest BCUT2D eigenvalue weighted by molar-refractivity contribution is -0.124. The quantitative estimate of drug-likeness (QED) is 0.800. The lowest BCUT2D eigenvalue weighted by atomic mass is 9.98. The minimum absolute atomic E-state index is 0.0682. The minimum Gasteiger partial charge on any atom is -0.337 e. The van der Waals surface area contributed by atoms with Gasteiger partial charge in [0.05, 0.1) is 12.6 Å². The van der Waals surface area contributed by atoms with Crippen LogP contribution in [0, 0.1) is 17.2 Å². The normalized spacial score (nSPS) is 25.5. The van der Waals surface area contributed by atoms with Crippen molar-refractivity contribution in [2.24, 2.45) is 5.92 Å². The van der Waals surface area contributed by atoms with Crippen molar-refractivity contribution in [3.63, 3.8) is 0 Å². The smallest absolute Gasteiger partial charge is 0.320 e. The summed E-state index contributed by atoms with van der Waals surface area (Å²) in [5.41, 5.74) is -0.720. The molecule has 3 fully saturated rings. The molecule has 0 unspecified atom stereocenters. The fourth-order valence-electron chi connectivity index (χ4n) is 3.81. The summed E-state index contributed by atoms with van der Waals surface area (Å²) in [6, 6.07) is 2.68. The highest BCUT2D eigenvalue weighted by Gasteiger charge is 2.43. The summed E-state index contributed by atoms with van der Waals surface area (Å²) < 4.78 is 0. The maximum Gasteiger partial charge on any atom is 0.320 e. The number of urea groups is 1. The summed E-state index contributed by atoms with van der Waals surface area (Å²) in [5, 5.41) is 12.3. The van der Waals surface area contributed by atoms with Crippen molar-refractivity contribution in [1.29, 1.82) is 5.26 Å². The van der Waals surface area contributed by atoms with E-state index in [-0.39, 0.29) is 18.0 Å². The molecule has 7 heteroatoms. The molecular weight excluding hydrogens is 306 g/mol. The molecule has 0 radical (unpaired) electrons. The monoisotopic (exact) mass is 333 g/mol. The van der Waals surface area contributed by atoms with Crippen LogP contribution in [-0.4, -0.2) is 78.0 Å². The van der Waals surface area contributed by atoms with Crippen LogP contribution < -0.4 is 5.32 Å². The number of carbonyl (C=O) groups is 2. The Morgan fingerprint density at radius 1 is 1.25 bits per heavy atom. The van der Waals surface area contributed by atoms with Crippen LogP contribution in [0.15, 0.2) is 0 Å². The van der Waals surface area contributed by atoms with Crippen LogP contribution in [-0.2, 0) is 4.79 Å². The zero-order valence-electron chi connectivity index (χ0n) is 14.6. The predicted octanol–water partition coefficient (Wildman–Crippen LogP) is 0.627. The number of hydrogen-bond donors (Lipinski definition) is 1. The van der Waals surface area contributed by atoms with Gasteiger partial charge in [0.1, 0.15) is 5.54 Å². The molecule has 1 saturated carbocycles. The van der Waals surface area contributed by atoms with Crippen molar-refractivity contribution in [2.45, 2.75) is 44.2 Å². The third-order valence-corrected chi connectivity index (χ3v) is 5.64. The number of rotatable bonds is 5. The fourth-order valence-corrected chi connectivity index (χ4v) is 3.81. The lowest BCUT2D eigenvalue weighted by Crippen LogP contribution is -2.52. The number of likely N-dealkylation sites (tertiary alicyclic amines) is 1. The summed E-state index contributed by atoms with van der Waals surface area (Å²) >= 11 is 0. The van der Waals surface area contributed by atoms with Gasteiger partial charge in [0.15, 0.2) is 0 Å². The zero-order chi connectivity index (χ0) is 17.3. The average Bonchev–Trinajstić information content (AvgIpc) is 3.36. The van der Waals surface area contributed by atoms with Gasteiger partial charge in [0.25, 0.3) is 0 Å². The van der Waals surface area contributed by atoms with Crippen LogP contribution in [0.5, 0.6) is 0 Å². The molecule has 0 spiro atoms. The van der Waals surface area contributed by atoms with Gasteiger partial charge in [-0.3, -0.25) is 9.69 Å². The van der Waals surface area contributed by atoms with Crippen LogP contribution >= 0.6 is 0 Å². The first-order chi connectivity index (χ1) is 11.4. The van der Waals surface area contributed by atoms with Crippen LogP contribution in [0.3, 0.4) is 0 Å². The number of piperidine rings is 1. The molecule has 0 bridgehead atoms. The molecule has 3 rings (SSSR count). The highest BCUT2D eigenvalue weighted by molar-refractivity contribution is 5.79. The molecule has 132 valence electrons.